The maximum Gasteiger partial charge on any atom is 0.272 e. The number of benzene rings is 2. The first-order chi connectivity index (χ1) is 15.2. The number of hydrogen-bond donors (Lipinski definition) is 0. The van der Waals surface area contributed by atoms with E-state index in [0.29, 0.717) is 16.8 Å². The molecule has 0 spiro atoms. The molecule has 156 valence electrons. The first kappa shape index (κ1) is 19.6. The molecule has 0 aliphatic carbocycles. The van der Waals surface area contributed by atoms with Crippen LogP contribution in [-0.4, -0.2) is 38.2 Å². The Hall–Kier alpha value is -3.31. The van der Waals surface area contributed by atoms with Crippen LogP contribution in [0, 0.1) is 0 Å². The summed E-state index contributed by atoms with van der Waals surface area (Å²) in [4.78, 5) is 15.5. The number of halogens is 1. The van der Waals surface area contributed by atoms with Crippen LogP contribution in [0.1, 0.15) is 29.4 Å². The van der Waals surface area contributed by atoms with Gasteiger partial charge in [0.1, 0.15) is 5.69 Å². The molecule has 0 atom stereocenters. The Morgan fingerprint density at radius 1 is 0.903 bits per heavy atom. The number of piperidine rings is 1. The molecule has 1 aliphatic heterocycles. The van der Waals surface area contributed by atoms with Crippen molar-refractivity contribution in [2.75, 3.05) is 13.1 Å². The highest BCUT2D eigenvalue weighted by Crippen LogP contribution is 2.27. The van der Waals surface area contributed by atoms with Crippen LogP contribution in [0.3, 0.4) is 0 Å². The fraction of sp³-hybridized carbons (Fsp3) is 0.200. The van der Waals surface area contributed by atoms with E-state index in [2.05, 4.69) is 17.0 Å². The first-order valence-corrected chi connectivity index (χ1v) is 10.9. The summed E-state index contributed by atoms with van der Waals surface area (Å²) in [7, 11) is 0. The van der Waals surface area contributed by atoms with Crippen molar-refractivity contribution in [3.8, 4) is 16.9 Å². The Kier molecular flexibility index (Phi) is 5.35. The highest BCUT2D eigenvalue weighted by molar-refractivity contribution is 6.30. The van der Waals surface area contributed by atoms with Crippen molar-refractivity contribution in [1.29, 1.82) is 0 Å². The summed E-state index contributed by atoms with van der Waals surface area (Å²) in [5.41, 5.74) is 3.13. The van der Waals surface area contributed by atoms with E-state index < -0.39 is 0 Å². The minimum atomic E-state index is 0.0162. The number of hydrogen-bond acceptors (Lipinski definition) is 2. The van der Waals surface area contributed by atoms with E-state index >= 15 is 0 Å². The summed E-state index contributed by atoms with van der Waals surface area (Å²) in [5.74, 6) is 0.0162. The van der Waals surface area contributed by atoms with E-state index in [9.17, 15) is 4.79 Å². The Bertz CT molecular complexity index is 1160. The molecule has 0 radical (unpaired) electrons. The molecule has 5 rings (SSSR count). The standard InChI is InChI=1S/C25H23ClN4O/c26-20-10-8-19(9-11-20)23-18-24(30(27-23)22-6-2-1-3-7-22)25(31)29-16-12-21(13-17-29)28-14-4-5-15-28/h1-11,14-15,18,21H,12-13,16-17H2. The van der Waals surface area contributed by atoms with Crippen LogP contribution in [0.15, 0.2) is 85.2 Å². The summed E-state index contributed by atoms with van der Waals surface area (Å²) in [6.45, 7) is 1.47. The molecule has 2 aromatic heterocycles. The molecule has 0 N–H and O–H groups in total. The fourth-order valence-corrected chi connectivity index (χ4v) is 4.31. The zero-order valence-electron chi connectivity index (χ0n) is 17.1. The van der Waals surface area contributed by atoms with Crippen molar-refractivity contribution in [3.05, 3.63) is 95.9 Å². The number of aromatic nitrogens is 3. The predicted octanol–water partition coefficient (Wildman–Crippen LogP) is 5.47. The number of nitrogens with zero attached hydrogens (tertiary/aromatic N) is 4. The fourth-order valence-electron chi connectivity index (χ4n) is 4.18. The maximum absolute atomic E-state index is 13.5. The number of para-hydroxylation sites is 1. The summed E-state index contributed by atoms with van der Waals surface area (Å²) in [6, 6.07) is 23.8. The second-order valence-electron chi connectivity index (χ2n) is 7.82. The predicted molar refractivity (Wildman–Crippen MR) is 123 cm³/mol. The Morgan fingerprint density at radius 3 is 2.26 bits per heavy atom. The third-order valence-corrected chi connectivity index (χ3v) is 6.12. The zero-order chi connectivity index (χ0) is 21.2. The van der Waals surface area contributed by atoms with Crippen molar-refractivity contribution in [2.24, 2.45) is 0 Å². The maximum atomic E-state index is 13.5. The SMILES string of the molecule is O=C(c1cc(-c2ccc(Cl)cc2)nn1-c1ccccc1)N1CCC(n2cccc2)CC1. The van der Waals surface area contributed by atoms with Crippen LogP contribution < -0.4 is 0 Å². The monoisotopic (exact) mass is 430 g/mol. The number of rotatable bonds is 4. The van der Waals surface area contributed by atoms with Crippen molar-refractivity contribution in [3.63, 3.8) is 0 Å². The van der Waals surface area contributed by atoms with Gasteiger partial charge < -0.3 is 9.47 Å². The van der Waals surface area contributed by atoms with Crippen LogP contribution in [0.5, 0.6) is 0 Å². The molecule has 31 heavy (non-hydrogen) atoms. The van der Waals surface area contributed by atoms with Gasteiger partial charge in [0.2, 0.25) is 0 Å². The lowest BCUT2D eigenvalue weighted by molar-refractivity contribution is 0.0685. The molecule has 2 aromatic carbocycles. The Morgan fingerprint density at radius 2 is 1.58 bits per heavy atom. The lowest BCUT2D eigenvalue weighted by atomic mass is 10.0. The average Bonchev–Trinajstić information content (AvgIpc) is 3.51. The molecule has 5 nitrogen and oxygen atoms in total. The van der Waals surface area contributed by atoms with Gasteiger partial charge in [-0.2, -0.15) is 5.10 Å². The number of carbonyl (C=O) groups excluding carboxylic acids is 1. The van der Waals surface area contributed by atoms with E-state index in [4.69, 9.17) is 16.7 Å². The molecular formula is C25H23ClN4O. The van der Waals surface area contributed by atoms with Gasteiger partial charge in [-0.3, -0.25) is 4.79 Å². The Balaban J connectivity index is 1.44. The number of amides is 1. The van der Waals surface area contributed by atoms with Gasteiger partial charge in [-0.05, 0) is 55.3 Å². The third-order valence-electron chi connectivity index (χ3n) is 5.87. The van der Waals surface area contributed by atoms with Crippen LogP contribution in [-0.2, 0) is 0 Å². The van der Waals surface area contributed by atoms with E-state index in [1.165, 1.54) is 0 Å². The summed E-state index contributed by atoms with van der Waals surface area (Å²) in [6.07, 6.45) is 6.10. The molecule has 1 aliphatic rings. The van der Waals surface area contributed by atoms with Gasteiger partial charge in [-0.25, -0.2) is 4.68 Å². The van der Waals surface area contributed by atoms with Crippen molar-refractivity contribution < 1.29 is 4.79 Å². The van der Waals surface area contributed by atoms with Crippen LogP contribution in [0.25, 0.3) is 16.9 Å². The minimum absolute atomic E-state index is 0.0162. The molecule has 3 heterocycles. The summed E-state index contributed by atoms with van der Waals surface area (Å²) >= 11 is 6.04. The van der Waals surface area contributed by atoms with E-state index in [1.807, 2.05) is 77.7 Å². The normalized spacial score (nSPS) is 14.7. The molecule has 1 fully saturated rings. The molecule has 1 amide bonds. The lowest BCUT2D eigenvalue weighted by Crippen LogP contribution is -2.39. The molecule has 0 bridgehead atoms. The highest BCUT2D eigenvalue weighted by atomic mass is 35.5. The quantitative estimate of drug-likeness (QED) is 0.430. The highest BCUT2D eigenvalue weighted by Gasteiger charge is 2.27. The molecular weight excluding hydrogens is 408 g/mol. The van der Waals surface area contributed by atoms with E-state index in [-0.39, 0.29) is 5.91 Å². The average molecular weight is 431 g/mol. The first-order valence-electron chi connectivity index (χ1n) is 10.5. The molecule has 6 heteroatoms. The third kappa shape index (κ3) is 4.01. The number of likely N-dealkylation sites (tertiary alicyclic amines) is 1. The van der Waals surface area contributed by atoms with E-state index in [1.54, 1.807) is 4.68 Å². The van der Waals surface area contributed by atoms with Crippen molar-refractivity contribution >= 4 is 17.5 Å². The molecule has 4 aromatic rings. The largest absolute Gasteiger partial charge is 0.351 e. The lowest BCUT2D eigenvalue weighted by Gasteiger charge is -2.32. The van der Waals surface area contributed by atoms with Gasteiger partial charge in [-0.1, -0.05) is 41.9 Å². The minimum Gasteiger partial charge on any atom is -0.351 e. The summed E-state index contributed by atoms with van der Waals surface area (Å²) in [5, 5.41) is 5.45. The van der Waals surface area contributed by atoms with Gasteiger partial charge in [0.15, 0.2) is 0 Å². The van der Waals surface area contributed by atoms with E-state index in [0.717, 1.165) is 42.9 Å². The van der Waals surface area contributed by atoms with Crippen LogP contribution in [0.4, 0.5) is 0 Å². The Labute approximate surface area is 186 Å². The zero-order valence-corrected chi connectivity index (χ0v) is 17.8. The topological polar surface area (TPSA) is 43.1 Å². The molecule has 0 unspecified atom stereocenters. The van der Waals surface area contributed by atoms with Crippen LogP contribution >= 0.6 is 11.6 Å². The van der Waals surface area contributed by atoms with Gasteiger partial charge in [-0.15, -0.1) is 0 Å². The summed E-state index contributed by atoms with van der Waals surface area (Å²) < 4.78 is 4.00. The van der Waals surface area contributed by atoms with Crippen molar-refractivity contribution in [2.45, 2.75) is 18.9 Å². The second-order valence-corrected chi connectivity index (χ2v) is 8.26. The smallest absolute Gasteiger partial charge is 0.272 e. The second kappa shape index (κ2) is 8.44. The van der Waals surface area contributed by atoms with Gasteiger partial charge >= 0.3 is 0 Å². The van der Waals surface area contributed by atoms with Gasteiger partial charge in [0, 0.05) is 42.1 Å². The van der Waals surface area contributed by atoms with Crippen LogP contribution in [0.2, 0.25) is 5.02 Å². The van der Waals surface area contributed by atoms with Gasteiger partial charge in [0.25, 0.3) is 5.91 Å². The van der Waals surface area contributed by atoms with Crippen molar-refractivity contribution in [1.82, 2.24) is 19.2 Å². The number of carbonyl (C=O) groups is 1. The van der Waals surface area contributed by atoms with Gasteiger partial charge in [0.05, 0.1) is 11.4 Å². The molecule has 0 saturated carbocycles. The molecule has 1 saturated heterocycles.